The smallest absolute Gasteiger partial charge is 0.276 e. The van der Waals surface area contributed by atoms with Gasteiger partial charge in [-0.15, -0.1) is 11.3 Å². The van der Waals surface area contributed by atoms with Gasteiger partial charge in [0.25, 0.3) is 11.8 Å². The van der Waals surface area contributed by atoms with Crippen molar-refractivity contribution in [3.63, 3.8) is 0 Å². The van der Waals surface area contributed by atoms with Crippen molar-refractivity contribution < 1.29 is 14.8 Å². The van der Waals surface area contributed by atoms with E-state index < -0.39 is 5.91 Å². The van der Waals surface area contributed by atoms with E-state index in [-0.39, 0.29) is 5.91 Å². The third-order valence-corrected chi connectivity index (χ3v) is 4.31. The molecule has 0 saturated heterocycles. The molecule has 3 rings (SSSR count). The lowest BCUT2D eigenvalue weighted by Crippen LogP contribution is -2.36. The molecule has 0 aromatic carbocycles. The normalized spacial score (nSPS) is 13.6. The highest BCUT2D eigenvalue weighted by molar-refractivity contribution is 7.09. The van der Waals surface area contributed by atoms with Crippen molar-refractivity contribution >= 4 is 23.2 Å². The molecule has 0 aliphatic carbocycles. The number of hydrogen-bond donors (Lipinski definition) is 2. The summed E-state index contributed by atoms with van der Waals surface area (Å²) in [5, 5.41) is 11.3. The largest absolute Gasteiger partial charge is 0.331 e. The number of hydrogen-bond acceptors (Lipinski definition) is 6. The van der Waals surface area contributed by atoms with Crippen LogP contribution in [0.2, 0.25) is 0 Å². The Morgan fingerprint density at radius 1 is 1.45 bits per heavy atom. The van der Waals surface area contributed by atoms with Crippen LogP contribution in [0.25, 0.3) is 0 Å². The van der Waals surface area contributed by atoms with Crippen LogP contribution in [-0.2, 0) is 13.0 Å². The summed E-state index contributed by atoms with van der Waals surface area (Å²) < 4.78 is 0. The van der Waals surface area contributed by atoms with E-state index in [2.05, 4.69) is 9.97 Å². The van der Waals surface area contributed by atoms with Crippen LogP contribution in [0.5, 0.6) is 0 Å². The third kappa shape index (κ3) is 2.70. The molecule has 2 aromatic heterocycles. The van der Waals surface area contributed by atoms with Crippen LogP contribution >= 0.6 is 11.3 Å². The second-order valence-corrected chi connectivity index (χ2v) is 6.06. The van der Waals surface area contributed by atoms with E-state index in [9.17, 15) is 9.59 Å². The van der Waals surface area contributed by atoms with Crippen molar-refractivity contribution in [3.05, 3.63) is 45.2 Å². The van der Waals surface area contributed by atoms with E-state index in [1.54, 1.807) is 21.8 Å². The van der Waals surface area contributed by atoms with Crippen molar-refractivity contribution in [2.24, 2.45) is 0 Å². The van der Waals surface area contributed by atoms with Crippen molar-refractivity contribution in [1.29, 1.82) is 0 Å². The first-order chi connectivity index (χ1) is 10.6. The van der Waals surface area contributed by atoms with Gasteiger partial charge in [0.1, 0.15) is 5.69 Å². The molecular formula is C14H14N4O3S. The van der Waals surface area contributed by atoms with Gasteiger partial charge in [0.2, 0.25) is 0 Å². The molecule has 3 heterocycles. The lowest BCUT2D eigenvalue weighted by atomic mass is 10.0. The first-order valence-corrected chi connectivity index (χ1v) is 7.60. The first kappa shape index (κ1) is 14.6. The Morgan fingerprint density at radius 2 is 2.27 bits per heavy atom. The van der Waals surface area contributed by atoms with E-state index in [0.29, 0.717) is 30.8 Å². The Balaban J connectivity index is 1.79. The summed E-state index contributed by atoms with van der Waals surface area (Å²) in [4.78, 5) is 33.9. The molecular weight excluding hydrogens is 304 g/mol. The highest BCUT2D eigenvalue weighted by Crippen LogP contribution is 2.20. The molecule has 1 aliphatic heterocycles. The summed E-state index contributed by atoms with van der Waals surface area (Å²) in [6.45, 7) is 2.81. The number of nitrogens with one attached hydrogen (secondary N) is 1. The molecule has 114 valence electrons. The van der Waals surface area contributed by atoms with E-state index in [1.165, 1.54) is 17.5 Å². The van der Waals surface area contributed by atoms with Gasteiger partial charge in [0, 0.05) is 18.1 Å². The number of aryl methyl sites for hydroxylation is 1. The van der Waals surface area contributed by atoms with E-state index in [0.717, 1.165) is 16.3 Å². The molecule has 2 amide bonds. The fourth-order valence-corrected chi connectivity index (χ4v) is 2.99. The minimum atomic E-state index is -0.591. The Bertz CT molecular complexity index is 743. The number of amides is 2. The summed E-state index contributed by atoms with van der Waals surface area (Å²) >= 11 is 1.45. The number of pyridine rings is 1. The van der Waals surface area contributed by atoms with Gasteiger partial charge in [0.05, 0.1) is 22.8 Å². The molecule has 7 nitrogen and oxygen atoms in total. The number of carbonyl (C=O) groups is 2. The fraction of sp³-hybridized carbons (Fsp3) is 0.286. The highest BCUT2D eigenvalue weighted by Gasteiger charge is 2.24. The maximum Gasteiger partial charge on any atom is 0.276 e. The molecule has 8 heteroatoms. The van der Waals surface area contributed by atoms with Gasteiger partial charge < -0.3 is 4.90 Å². The second-order valence-electron chi connectivity index (χ2n) is 5.00. The van der Waals surface area contributed by atoms with E-state index in [4.69, 9.17) is 5.21 Å². The van der Waals surface area contributed by atoms with Crippen molar-refractivity contribution in [2.75, 3.05) is 6.54 Å². The van der Waals surface area contributed by atoms with Crippen LogP contribution in [0.15, 0.2) is 17.6 Å². The first-order valence-electron chi connectivity index (χ1n) is 6.72. The monoisotopic (exact) mass is 318 g/mol. The molecule has 0 bridgehead atoms. The van der Waals surface area contributed by atoms with E-state index in [1.807, 2.05) is 6.92 Å². The second kappa shape index (κ2) is 5.82. The molecule has 0 atom stereocenters. The number of carbonyl (C=O) groups excluding carboxylic acids is 2. The molecule has 1 aliphatic rings. The Labute approximate surface area is 130 Å². The average Bonchev–Trinajstić information content (AvgIpc) is 2.98. The SMILES string of the molecule is Cc1nc(C(=O)N2CCc3cc(C(=O)NO)cnc3C2)cs1. The van der Waals surface area contributed by atoms with Gasteiger partial charge in [-0.25, -0.2) is 10.5 Å². The summed E-state index contributed by atoms with van der Waals surface area (Å²) in [7, 11) is 0. The van der Waals surface area contributed by atoms with Crippen molar-refractivity contribution in [2.45, 2.75) is 19.9 Å². The summed E-state index contributed by atoms with van der Waals surface area (Å²) in [5.41, 5.74) is 4.03. The molecule has 0 saturated carbocycles. The lowest BCUT2D eigenvalue weighted by molar-refractivity contribution is 0.0700. The van der Waals surface area contributed by atoms with Gasteiger partial charge in [-0.3, -0.25) is 19.8 Å². The number of rotatable bonds is 2. The van der Waals surface area contributed by atoms with Crippen LogP contribution in [-0.4, -0.2) is 38.4 Å². The van der Waals surface area contributed by atoms with Crippen molar-refractivity contribution in [3.8, 4) is 0 Å². The van der Waals surface area contributed by atoms with Gasteiger partial charge in [-0.1, -0.05) is 0 Å². The molecule has 0 unspecified atom stereocenters. The summed E-state index contributed by atoms with van der Waals surface area (Å²) in [6, 6.07) is 1.70. The van der Waals surface area contributed by atoms with Crippen LogP contribution in [0.3, 0.4) is 0 Å². The lowest BCUT2D eigenvalue weighted by Gasteiger charge is -2.27. The van der Waals surface area contributed by atoms with E-state index >= 15 is 0 Å². The zero-order valence-corrected chi connectivity index (χ0v) is 12.7. The summed E-state index contributed by atoms with van der Waals surface area (Å²) in [6.07, 6.45) is 2.01. The van der Waals surface area contributed by atoms with Gasteiger partial charge in [0.15, 0.2) is 0 Å². The Hall–Kier alpha value is -2.32. The number of nitrogens with zero attached hydrogens (tertiary/aromatic N) is 3. The summed E-state index contributed by atoms with van der Waals surface area (Å²) in [5.74, 6) is -0.694. The minimum absolute atomic E-state index is 0.103. The van der Waals surface area contributed by atoms with Crippen LogP contribution in [0.4, 0.5) is 0 Å². The molecule has 22 heavy (non-hydrogen) atoms. The van der Waals surface area contributed by atoms with Crippen LogP contribution in [0, 0.1) is 6.92 Å². The number of fused-ring (bicyclic) bond motifs is 1. The molecule has 2 N–H and O–H groups in total. The Morgan fingerprint density at radius 3 is 2.95 bits per heavy atom. The maximum atomic E-state index is 12.4. The third-order valence-electron chi connectivity index (χ3n) is 3.54. The predicted octanol–water partition coefficient (Wildman–Crippen LogP) is 1.16. The topological polar surface area (TPSA) is 95.4 Å². The number of aromatic nitrogens is 2. The standard InChI is InChI=1S/C14H14N4O3S/c1-8-16-12(7-22-8)14(20)18-3-2-9-4-10(13(19)17-21)5-15-11(9)6-18/h4-5,7,21H,2-3,6H2,1H3,(H,17,19). The molecule has 0 spiro atoms. The van der Waals surface area contributed by atoms with Crippen LogP contribution < -0.4 is 5.48 Å². The molecule has 0 fully saturated rings. The van der Waals surface area contributed by atoms with Gasteiger partial charge in [-0.05, 0) is 25.0 Å². The fourth-order valence-electron chi connectivity index (χ4n) is 2.40. The predicted molar refractivity (Wildman–Crippen MR) is 78.8 cm³/mol. The average molecular weight is 318 g/mol. The zero-order chi connectivity index (χ0) is 15.7. The Kier molecular flexibility index (Phi) is 3.86. The van der Waals surface area contributed by atoms with Gasteiger partial charge in [-0.2, -0.15) is 0 Å². The molecule has 0 radical (unpaired) electrons. The molecule has 2 aromatic rings. The zero-order valence-electron chi connectivity index (χ0n) is 11.9. The van der Waals surface area contributed by atoms with Crippen molar-refractivity contribution in [1.82, 2.24) is 20.3 Å². The minimum Gasteiger partial charge on any atom is -0.331 e. The number of hydroxylamine groups is 1. The highest BCUT2D eigenvalue weighted by atomic mass is 32.1. The number of thiazole rings is 1. The van der Waals surface area contributed by atoms with Crippen LogP contribution in [0.1, 0.15) is 37.1 Å². The maximum absolute atomic E-state index is 12.4. The van der Waals surface area contributed by atoms with Gasteiger partial charge >= 0.3 is 0 Å². The quantitative estimate of drug-likeness (QED) is 0.640.